The fourth-order valence-corrected chi connectivity index (χ4v) is 3.08. The van der Waals surface area contributed by atoms with Gasteiger partial charge in [0.25, 0.3) is 0 Å². The van der Waals surface area contributed by atoms with E-state index in [9.17, 15) is 9.18 Å². The summed E-state index contributed by atoms with van der Waals surface area (Å²) in [6.07, 6.45) is 1.20. The number of piperidine rings is 1. The van der Waals surface area contributed by atoms with E-state index < -0.39 is 5.82 Å². The van der Waals surface area contributed by atoms with Gasteiger partial charge in [0.1, 0.15) is 5.82 Å². The van der Waals surface area contributed by atoms with Crippen molar-refractivity contribution in [1.29, 1.82) is 0 Å². The second-order valence-corrected chi connectivity index (χ2v) is 6.25. The molecule has 0 saturated carbocycles. The molecular formula is C15H20ClFN2O. The Bertz CT molecular complexity index is 485. The molecule has 0 spiro atoms. The molecule has 5 heteroatoms. The zero-order chi connectivity index (χ0) is 14.7. The van der Waals surface area contributed by atoms with Crippen molar-refractivity contribution < 1.29 is 9.18 Å². The topological polar surface area (TPSA) is 32.3 Å². The standard InChI is InChI=1S/C15H20ClFN2O/c1-10-5-11(2)8-19(7-10)9-15(20)18-14-6-12(16)3-4-13(14)17/h3-4,6,10-11H,5,7-9H2,1-2H3,(H,18,20)/t10-,11-/m0/s1. The first-order valence-corrected chi connectivity index (χ1v) is 7.29. The third-order valence-corrected chi connectivity index (χ3v) is 3.75. The number of hydrogen-bond acceptors (Lipinski definition) is 2. The van der Waals surface area contributed by atoms with Crippen LogP contribution in [0, 0.1) is 17.7 Å². The molecule has 1 aliphatic heterocycles. The maximum absolute atomic E-state index is 13.5. The summed E-state index contributed by atoms with van der Waals surface area (Å²) in [5.74, 6) is 0.513. The van der Waals surface area contributed by atoms with E-state index in [2.05, 4.69) is 24.1 Å². The summed E-state index contributed by atoms with van der Waals surface area (Å²) in [4.78, 5) is 14.1. The number of anilines is 1. The Balaban J connectivity index is 1.93. The Morgan fingerprint density at radius 3 is 2.70 bits per heavy atom. The van der Waals surface area contributed by atoms with Crippen molar-refractivity contribution in [3.63, 3.8) is 0 Å². The van der Waals surface area contributed by atoms with Crippen LogP contribution in [-0.2, 0) is 4.79 Å². The van der Waals surface area contributed by atoms with Crippen LogP contribution in [0.4, 0.5) is 10.1 Å². The summed E-state index contributed by atoms with van der Waals surface area (Å²) >= 11 is 5.80. The molecule has 0 aromatic heterocycles. The van der Waals surface area contributed by atoms with Crippen LogP contribution >= 0.6 is 11.6 Å². The highest BCUT2D eigenvalue weighted by Gasteiger charge is 2.23. The fraction of sp³-hybridized carbons (Fsp3) is 0.533. The molecule has 2 atom stereocenters. The first kappa shape index (κ1) is 15.3. The van der Waals surface area contributed by atoms with Crippen molar-refractivity contribution in [2.45, 2.75) is 20.3 Å². The van der Waals surface area contributed by atoms with Crippen molar-refractivity contribution in [2.24, 2.45) is 11.8 Å². The summed E-state index contributed by atoms with van der Waals surface area (Å²) in [7, 11) is 0. The minimum Gasteiger partial charge on any atom is -0.322 e. The number of hydrogen-bond donors (Lipinski definition) is 1. The molecule has 1 aliphatic rings. The number of likely N-dealkylation sites (tertiary alicyclic amines) is 1. The van der Waals surface area contributed by atoms with E-state index in [1.54, 1.807) is 0 Å². The van der Waals surface area contributed by atoms with Crippen LogP contribution in [0.2, 0.25) is 5.02 Å². The molecule has 3 nitrogen and oxygen atoms in total. The zero-order valence-corrected chi connectivity index (χ0v) is 12.6. The van der Waals surface area contributed by atoms with Gasteiger partial charge in [-0.1, -0.05) is 25.4 Å². The lowest BCUT2D eigenvalue weighted by Crippen LogP contribution is -2.42. The van der Waals surface area contributed by atoms with Gasteiger partial charge in [-0.25, -0.2) is 4.39 Å². The molecule has 0 bridgehead atoms. The van der Waals surface area contributed by atoms with E-state index in [0.717, 1.165) is 13.1 Å². The van der Waals surface area contributed by atoms with E-state index in [-0.39, 0.29) is 11.6 Å². The lowest BCUT2D eigenvalue weighted by atomic mass is 9.92. The van der Waals surface area contributed by atoms with Crippen LogP contribution in [0.5, 0.6) is 0 Å². The van der Waals surface area contributed by atoms with Crippen molar-refractivity contribution in [3.05, 3.63) is 29.0 Å². The highest BCUT2D eigenvalue weighted by molar-refractivity contribution is 6.30. The Hall–Kier alpha value is -1.13. The minimum absolute atomic E-state index is 0.139. The number of benzene rings is 1. The van der Waals surface area contributed by atoms with Gasteiger partial charge in [0.05, 0.1) is 12.2 Å². The molecule has 1 N–H and O–H groups in total. The van der Waals surface area contributed by atoms with Gasteiger partial charge < -0.3 is 5.32 Å². The Morgan fingerprint density at radius 1 is 1.40 bits per heavy atom. The molecule has 20 heavy (non-hydrogen) atoms. The largest absolute Gasteiger partial charge is 0.322 e. The van der Waals surface area contributed by atoms with Gasteiger partial charge in [0.15, 0.2) is 0 Å². The average molecular weight is 299 g/mol. The molecule has 1 fully saturated rings. The molecular weight excluding hydrogens is 279 g/mol. The SMILES string of the molecule is C[C@H]1C[C@H](C)CN(CC(=O)Nc2cc(Cl)ccc2F)C1. The Kier molecular flexibility index (Phi) is 5.00. The lowest BCUT2D eigenvalue weighted by molar-refractivity contribution is -0.117. The van der Waals surface area contributed by atoms with Gasteiger partial charge >= 0.3 is 0 Å². The maximum atomic E-state index is 13.5. The number of halogens is 2. The van der Waals surface area contributed by atoms with Crippen LogP contribution in [0.25, 0.3) is 0 Å². The van der Waals surface area contributed by atoms with Crippen molar-refractivity contribution in [1.82, 2.24) is 4.90 Å². The molecule has 1 amide bonds. The molecule has 110 valence electrons. The number of carbonyl (C=O) groups excluding carboxylic acids is 1. The summed E-state index contributed by atoms with van der Waals surface area (Å²) in [5, 5.41) is 2.99. The first-order valence-electron chi connectivity index (χ1n) is 6.91. The summed E-state index contributed by atoms with van der Waals surface area (Å²) < 4.78 is 13.5. The Morgan fingerprint density at radius 2 is 2.05 bits per heavy atom. The predicted molar refractivity (Wildman–Crippen MR) is 79.4 cm³/mol. The van der Waals surface area contributed by atoms with Crippen molar-refractivity contribution >= 4 is 23.2 Å². The van der Waals surface area contributed by atoms with E-state index in [1.807, 2.05) is 0 Å². The molecule has 2 rings (SSSR count). The second kappa shape index (κ2) is 6.55. The number of nitrogens with one attached hydrogen (secondary N) is 1. The van der Waals surface area contributed by atoms with Crippen LogP contribution in [0.3, 0.4) is 0 Å². The van der Waals surface area contributed by atoms with E-state index >= 15 is 0 Å². The molecule has 1 aromatic rings. The average Bonchev–Trinajstić information content (AvgIpc) is 2.32. The smallest absolute Gasteiger partial charge is 0.238 e. The normalized spacial score (nSPS) is 23.6. The molecule has 1 saturated heterocycles. The predicted octanol–water partition coefficient (Wildman–Crippen LogP) is 3.40. The third kappa shape index (κ3) is 4.18. The lowest BCUT2D eigenvalue weighted by Gasteiger charge is -2.34. The van der Waals surface area contributed by atoms with Gasteiger partial charge in [0, 0.05) is 18.1 Å². The van der Waals surface area contributed by atoms with Crippen molar-refractivity contribution in [3.8, 4) is 0 Å². The minimum atomic E-state index is -0.469. The summed E-state index contributed by atoms with van der Waals surface area (Å²) in [5.41, 5.74) is 0.139. The summed E-state index contributed by atoms with van der Waals surface area (Å²) in [6.45, 7) is 6.50. The quantitative estimate of drug-likeness (QED) is 0.927. The van der Waals surface area contributed by atoms with E-state index in [4.69, 9.17) is 11.6 Å². The highest BCUT2D eigenvalue weighted by Crippen LogP contribution is 2.22. The van der Waals surface area contributed by atoms with Crippen LogP contribution in [0.15, 0.2) is 18.2 Å². The molecule has 1 aromatic carbocycles. The van der Waals surface area contributed by atoms with Crippen molar-refractivity contribution in [2.75, 3.05) is 25.0 Å². The molecule has 0 unspecified atom stereocenters. The zero-order valence-electron chi connectivity index (χ0n) is 11.8. The fourth-order valence-electron chi connectivity index (χ4n) is 2.91. The number of amides is 1. The molecule has 0 radical (unpaired) electrons. The van der Waals surface area contributed by atoms with Gasteiger partial charge in [-0.05, 0) is 36.5 Å². The number of nitrogens with zero attached hydrogens (tertiary/aromatic N) is 1. The second-order valence-electron chi connectivity index (χ2n) is 5.81. The monoisotopic (exact) mass is 298 g/mol. The van der Waals surface area contributed by atoms with E-state index in [0.29, 0.717) is 23.4 Å². The highest BCUT2D eigenvalue weighted by atomic mass is 35.5. The van der Waals surface area contributed by atoms with Gasteiger partial charge in [-0.3, -0.25) is 9.69 Å². The van der Waals surface area contributed by atoms with Gasteiger partial charge in [-0.2, -0.15) is 0 Å². The number of rotatable bonds is 3. The van der Waals surface area contributed by atoms with Gasteiger partial charge in [0.2, 0.25) is 5.91 Å². The number of carbonyl (C=O) groups is 1. The maximum Gasteiger partial charge on any atom is 0.238 e. The van der Waals surface area contributed by atoms with E-state index in [1.165, 1.54) is 24.6 Å². The summed E-state index contributed by atoms with van der Waals surface area (Å²) in [6, 6.07) is 4.14. The molecule has 0 aliphatic carbocycles. The van der Waals surface area contributed by atoms with Crippen LogP contribution < -0.4 is 5.32 Å². The van der Waals surface area contributed by atoms with Crippen LogP contribution in [0.1, 0.15) is 20.3 Å². The van der Waals surface area contributed by atoms with Crippen LogP contribution in [-0.4, -0.2) is 30.4 Å². The molecule has 1 heterocycles. The third-order valence-electron chi connectivity index (χ3n) is 3.51. The Labute approximate surface area is 124 Å². The first-order chi connectivity index (χ1) is 9.44. The van der Waals surface area contributed by atoms with Gasteiger partial charge in [-0.15, -0.1) is 0 Å².